The lowest BCUT2D eigenvalue weighted by Crippen LogP contribution is -2.32. The summed E-state index contributed by atoms with van der Waals surface area (Å²) >= 11 is 0. The van der Waals surface area contributed by atoms with E-state index in [2.05, 4.69) is 36.1 Å². The largest absolute Gasteiger partial charge is 0.439 e. The second-order valence-corrected chi connectivity index (χ2v) is 5.80. The summed E-state index contributed by atoms with van der Waals surface area (Å²) in [5.74, 6) is 2.38. The molecule has 0 aliphatic rings. The maximum absolute atomic E-state index is 5.81. The van der Waals surface area contributed by atoms with Crippen molar-refractivity contribution < 1.29 is 4.42 Å². The molecule has 1 heterocycles. The van der Waals surface area contributed by atoms with Crippen LogP contribution in [-0.2, 0) is 6.54 Å². The van der Waals surface area contributed by atoms with Gasteiger partial charge in [-0.15, -0.1) is 0 Å². The predicted octanol–water partition coefficient (Wildman–Crippen LogP) is 3.10. The van der Waals surface area contributed by atoms with Gasteiger partial charge in [-0.05, 0) is 19.3 Å². The lowest BCUT2D eigenvalue weighted by Gasteiger charge is -2.06. The highest BCUT2D eigenvalue weighted by Crippen LogP contribution is 2.20. The van der Waals surface area contributed by atoms with Crippen molar-refractivity contribution in [1.29, 1.82) is 0 Å². The molecule has 22 heavy (non-hydrogen) atoms. The standard InChI is InChI=1S/C17H24N4O/c1-12(2)8-9-19-17(18)21-11-16-20-10-15(22-16)14-6-4-13(3)5-7-14/h4-7,10,12H,8-9,11H2,1-3H3,(H3,18,19,21). The quantitative estimate of drug-likeness (QED) is 0.635. The van der Waals surface area contributed by atoms with E-state index < -0.39 is 0 Å². The third-order valence-electron chi connectivity index (χ3n) is 3.30. The van der Waals surface area contributed by atoms with Crippen molar-refractivity contribution in [3.8, 4) is 11.3 Å². The molecule has 0 spiro atoms. The minimum absolute atomic E-state index is 0.340. The number of benzene rings is 1. The number of oxazole rings is 1. The van der Waals surface area contributed by atoms with Crippen molar-refractivity contribution >= 4 is 5.96 Å². The molecular weight excluding hydrogens is 276 g/mol. The summed E-state index contributed by atoms with van der Waals surface area (Å²) in [6.45, 7) is 7.57. The van der Waals surface area contributed by atoms with Crippen molar-refractivity contribution in [3.05, 3.63) is 41.9 Å². The SMILES string of the molecule is Cc1ccc(-c2cnc(CN=C(N)NCCC(C)C)o2)cc1. The van der Waals surface area contributed by atoms with Crippen LogP contribution in [0.25, 0.3) is 11.3 Å². The summed E-state index contributed by atoms with van der Waals surface area (Å²) in [4.78, 5) is 8.48. The van der Waals surface area contributed by atoms with Gasteiger partial charge in [-0.25, -0.2) is 9.98 Å². The molecule has 0 saturated heterocycles. The first-order valence-corrected chi connectivity index (χ1v) is 7.60. The molecule has 2 rings (SSSR count). The second kappa shape index (κ2) is 7.64. The molecule has 0 atom stereocenters. The maximum atomic E-state index is 5.81. The van der Waals surface area contributed by atoms with Gasteiger partial charge >= 0.3 is 0 Å². The summed E-state index contributed by atoms with van der Waals surface area (Å²) in [6.07, 6.45) is 2.78. The van der Waals surface area contributed by atoms with Crippen LogP contribution in [0.4, 0.5) is 0 Å². The minimum Gasteiger partial charge on any atom is -0.439 e. The van der Waals surface area contributed by atoms with Crippen molar-refractivity contribution in [1.82, 2.24) is 10.3 Å². The van der Waals surface area contributed by atoms with Crippen molar-refractivity contribution in [3.63, 3.8) is 0 Å². The summed E-state index contributed by atoms with van der Waals surface area (Å²) in [5, 5.41) is 3.09. The van der Waals surface area contributed by atoms with E-state index in [0.29, 0.717) is 24.3 Å². The van der Waals surface area contributed by atoms with Crippen LogP contribution < -0.4 is 11.1 Å². The zero-order chi connectivity index (χ0) is 15.9. The molecule has 0 bridgehead atoms. The van der Waals surface area contributed by atoms with E-state index >= 15 is 0 Å². The van der Waals surface area contributed by atoms with E-state index in [1.54, 1.807) is 6.20 Å². The topological polar surface area (TPSA) is 76.4 Å². The van der Waals surface area contributed by atoms with Gasteiger partial charge in [-0.2, -0.15) is 0 Å². The van der Waals surface area contributed by atoms with Crippen LogP contribution in [0.2, 0.25) is 0 Å². The van der Waals surface area contributed by atoms with Gasteiger partial charge < -0.3 is 15.5 Å². The lowest BCUT2D eigenvalue weighted by molar-refractivity contribution is 0.509. The van der Waals surface area contributed by atoms with Crippen LogP contribution >= 0.6 is 0 Å². The molecule has 0 unspecified atom stereocenters. The maximum Gasteiger partial charge on any atom is 0.216 e. The predicted molar refractivity (Wildman–Crippen MR) is 89.5 cm³/mol. The van der Waals surface area contributed by atoms with E-state index in [1.807, 2.05) is 24.3 Å². The van der Waals surface area contributed by atoms with Crippen LogP contribution in [-0.4, -0.2) is 17.5 Å². The Morgan fingerprint density at radius 3 is 2.73 bits per heavy atom. The molecule has 0 fully saturated rings. The van der Waals surface area contributed by atoms with Gasteiger partial charge in [0.1, 0.15) is 6.54 Å². The molecule has 5 heteroatoms. The van der Waals surface area contributed by atoms with Gasteiger partial charge in [0.15, 0.2) is 11.7 Å². The highest BCUT2D eigenvalue weighted by Gasteiger charge is 2.06. The van der Waals surface area contributed by atoms with Gasteiger partial charge in [0.05, 0.1) is 6.20 Å². The van der Waals surface area contributed by atoms with Crippen LogP contribution in [0.1, 0.15) is 31.7 Å². The van der Waals surface area contributed by atoms with E-state index in [-0.39, 0.29) is 0 Å². The molecular formula is C17H24N4O. The Labute approximate surface area is 131 Å². The minimum atomic E-state index is 0.340. The number of aryl methyl sites for hydroxylation is 1. The van der Waals surface area contributed by atoms with E-state index in [1.165, 1.54) is 5.56 Å². The molecule has 3 N–H and O–H groups in total. The smallest absolute Gasteiger partial charge is 0.216 e. The normalized spacial score (nSPS) is 11.9. The Hall–Kier alpha value is -2.30. The van der Waals surface area contributed by atoms with Gasteiger partial charge in [0.25, 0.3) is 0 Å². The first-order chi connectivity index (χ1) is 10.5. The summed E-state index contributed by atoms with van der Waals surface area (Å²) < 4.78 is 5.70. The number of rotatable bonds is 6. The number of guanidine groups is 1. The van der Waals surface area contributed by atoms with Crippen LogP contribution in [0.3, 0.4) is 0 Å². The number of hydrogen-bond donors (Lipinski definition) is 2. The average Bonchev–Trinajstić information content (AvgIpc) is 2.94. The van der Waals surface area contributed by atoms with Crippen LogP contribution in [0.15, 0.2) is 39.9 Å². The van der Waals surface area contributed by atoms with Gasteiger partial charge in [0.2, 0.25) is 5.89 Å². The molecule has 1 aromatic heterocycles. The number of nitrogens with zero attached hydrogens (tertiary/aromatic N) is 2. The van der Waals surface area contributed by atoms with Crippen LogP contribution in [0.5, 0.6) is 0 Å². The summed E-state index contributed by atoms with van der Waals surface area (Å²) in [7, 11) is 0. The number of hydrogen-bond acceptors (Lipinski definition) is 3. The molecule has 1 aromatic carbocycles. The highest BCUT2D eigenvalue weighted by molar-refractivity contribution is 5.77. The zero-order valence-corrected chi connectivity index (χ0v) is 13.5. The second-order valence-electron chi connectivity index (χ2n) is 5.80. The monoisotopic (exact) mass is 300 g/mol. The summed E-state index contributed by atoms with van der Waals surface area (Å²) in [6, 6.07) is 8.13. The Morgan fingerprint density at radius 1 is 1.32 bits per heavy atom. The summed E-state index contributed by atoms with van der Waals surface area (Å²) in [5.41, 5.74) is 8.04. The van der Waals surface area contributed by atoms with E-state index in [9.17, 15) is 0 Å². The fraction of sp³-hybridized carbons (Fsp3) is 0.412. The first kappa shape index (κ1) is 16.1. The molecule has 0 saturated carbocycles. The van der Waals surface area contributed by atoms with E-state index in [0.717, 1.165) is 24.3 Å². The molecule has 0 aliphatic heterocycles. The number of nitrogens with two attached hydrogens (primary N) is 1. The van der Waals surface area contributed by atoms with Gasteiger partial charge in [-0.3, -0.25) is 0 Å². The third kappa shape index (κ3) is 4.91. The van der Waals surface area contributed by atoms with Crippen molar-refractivity contribution in [2.45, 2.75) is 33.7 Å². The zero-order valence-electron chi connectivity index (χ0n) is 13.5. The third-order valence-corrected chi connectivity index (χ3v) is 3.30. The van der Waals surface area contributed by atoms with Crippen molar-refractivity contribution in [2.75, 3.05) is 6.54 Å². The Morgan fingerprint density at radius 2 is 2.05 bits per heavy atom. The van der Waals surface area contributed by atoms with Gasteiger partial charge in [0, 0.05) is 12.1 Å². The fourth-order valence-electron chi connectivity index (χ4n) is 1.93. The van der Waals surface area contributed by atoms with Crippen LogP contribution in [0, 0.1) is 12.8 Å². The first-order valence-electron chi connectivity index (χ1n) is 7.60. The number of aromatic nitrogens is 1. The lowest BCUT2D eigenvalue weighted by atomic mass is 10.1. The van der Waals surface area contributed by atoms with Crippen molar-refractivity contribution in [2.24, 2.45) is 16.6 Å². The molecule has 0 aliphatic carbocycles. The van der Waals surface area contributed by atoms with E-state index in [4.69, 9.17) is 10.2 Å². The molecule has 0 amide bonds. The molecule has 118 valence electrons. The Balaban J connectivity index is 1.90. The fourth-order valence-corrected chi connectivity index (χ4v) is 1.93. The number of aliphatic imine (C=N–C) groups is 1. The Bertz CT molecular complexity index is 614. The number of nitrogens with one attached hydrogen (secondary N) is 1. The highest BCUT2D eigenvalue weighted by atomic mass is 16.4. The average molecular weight is 300 g/mol. The Kier molecular flexibility index (Phi) is 5.58. The molecule has 0 radical (unpaired) electrons. The molecule has 2 aromatic rings. The molecule has 5 nitrogen and oxygen atoms in total. The van der Waals surface area contributed by atoms with Gasteiger partial charge in [-0.1, -0.05) is 43.7 Å².